The summed E-state index contributed by atoms with van der Waals surface area (Å²) < 4.78 is 1.74. The molecule has 112 valence electrons. The van der Waals surface area contributed by atoms with Gasteiger partial charge in [-0.15, -0.1) is 11.3 Å². The molecular weight excluding hydrogens is 286 g/mol. The number of nitrogens with one attached hydrogen (secondary N) is 2. The summed E-state index contributed by atoms with van der Waals surface area (Å²) >= 11 is 1.43. The smallest absolute Gasteiger partial charge is 0.263 e. The predicted molar refractivity (Wildman–Crippen MR) is 82.4 cm³/mol. The van der Waals surface area contributed by atoms with Crippen molar-refractivity contribution in [3.63, 3.8) is 0 Å². The van der Waals surface area contributed by atoms with Crippen LogP contribution in [0.2, 0.25) is 0 Å². The van der Waals surface area contributed by atoms with E-state index in [1.807, 2.05) is 20.2 Å². The fourth-order valence-electron chi connectivity index (χ4n) is 2.49. The maximum atomic E-state index is 12.4. The van der Waals surface area contributed by atoms with E-state index in [1.54, 1.807) is 10.9 Å². The van der Waals surface area contributed by atoms with Gasteiger partial charge in [0.05, 0.1) is 11.9 Å². The molecule has 0 aromatic carbocycles. The molecular formula is C14H19N5OS. The molecule has 1 atom stereocenters. The second-order valence-corrected chi connectivity index (χ2v) is 6.35. The Bertz CT molecular complexity index is 642. The molecule has 0 saturated carbocycles. The first-order valence-electron chi connectivity index (χ1n) is 7.11. The lowest BCUT2D eigenvalue weighted by Crippen LogP contribution is -2.45. The fourth-order valence-corrected chi connectivity index (χ4v) is 3.43. The number of nitrogens with zero attached hydrogens (tertiary/aromatic N) is 3. The van der Waals surface area contributed by atoms with Gasteiger partial charge in [0.25, 0.3) is 5.91 Å². The Kier molecular flexibility index (Phi) is 4.03. The van der Waals surface area contributed by atoms with E-state index in [1.165, 1.54) is 11.3 Å². The van der Waals surface area contributed by atoms with Gasteiger partial charge in [-0.3, -0.25) is 9.48 Å². The van der Waals surface area contributed by atoms with Gasteiger partial charge < -0.3 is 10.6 Å². The number of piperidine rings is 1. The maximum Gasteiger partial charge on any atom is 0.263 e. The predicted octanol–water partition coefficient (Wildman–Crippen LogP) is 1.33. The lowest BCUT2D eigenvalue weighted by atomic mass is 10.1. The molecule has 2 aromatic heterocycles. The van der Waals surface area contributed by atoms with Crippen LogP contribution in [0.4, 0.5) is 0 Å². The molecule has 7 heteroatoms. The molecule has 1 amide bonds. The first-order valence-corrected chi connectivity index (χ1v) is 7.93. The zero-order valence-electron chi connectivity index (χ0n) is 12.2. The number of hydrogen-bond donors (Lipinski definition) is 2. The van der Waals surface area contributed by atoms with Gasteiger partial charge >= 0.3 is 0 Å². The van der Waals surface area contributed by atoms with Gasteiger partial charge in [-0.1, -0.05) is 0 Å². The summed E-state index contributed by atoms with van der Waals surface area (Å²) in [5.41, 5.74) is 1.73. The van der Waals surface area contributed by atoms with Crippen molar-refractivity contribution in [1.29, 1.82) is 0 Å². The maximum absolute atomic E-state index is 12.4. The van der Waals surface area contributed by atoms with Crippen LogP contribution < -0.4 is 10.6 Å². The van der Waals surface area contributed by atoms with E-state index >= 15 is 0 Å². The van der Waals surface area contributed by atoms with Gasteiger partial charge in [-0.2, -0.15) is 5.10 Å². The summed E-state index contributed by atoms with van der Waals surface area (Å²) in [6.45, 7) is 3.76. The standard InChI is InChI=1S/C14H19N5OS/c1-9-12(13(20)18-11-4-3-5-15-7-11)21-14(17-9)10-6-16-19(2)8-10/h6,8,11,15H,3-5,7H2,1-2H3,(H,18,20)/t11-/m0/s1. The van der Waals surface area contributed by atoms with Crippen molar-refractivity contribution in [2.24, 2.45) is 7.05 Å². The lowest BCUT2D eigenvalue weighted by molar-refractivity contribution is 0.0934. The van der Waals surface area contributed by atoms with Crippen LogP contribution in [-0.4, -0.2) is 39.8 Å². The minimum atomic E-state index is -0.0196. The summed E-state index contributed by atoms with van der Waals surface area (Å²) in [6, 6.07) is 0.217. The number of aromatic nitrogens is 3. The average Bonchev–Trinajstić information content (AvgIpc) is 3.06. The van der Waals surface area contributed by atoms with Crippen LogP contribution in [0.3, 0.4) is 0 Å². The first-order chi connectivity index (χ1) is 10.1. The second-order valence-electron chi connectivity index (χ2n) is 5.35. The minimum Gasteiger partial charge on any atom is -0.347 e. The molecule has 0 bridgehead atoms. The van der Waals surface area contributed by atoms with Gasteiger partial charge in [-0.25, -0.2) is 4.98 Å². The second kappa shape index (κ2) is 5.95. The van der Waals surface area contributed by atoms with Gasteiger partial charge in [-0.05, 0) is 26.3 Å². The summed E-state index contributed by atoms with van der Waals surface area (Å²) in [6.07, 6.45) is 5.82. The van der Waals surface area contributed by atoms with Crippen molar-refractivity contribution in [3.05, 3.63) is 23.0 Å². The highest BCUT2D eigenvalue weighted by atomic mass is 32.1. The number of aryl methyl sites for hydroxylation is 2. The Hall–Kier alpha value is -1.73. The molecule has 2 aromatic rings. The third-order valence-corrected chi connectivity index (χ3v) is 4.79. The molecule has 0 radical (unpaired) electrons. The van der Waals surface area contributed by atoms with Crippen molar-refractivity contribution in [3.8, 4) is 10.6 Å². The summed E-state index contributed by atoms with van der Waals surface area (Å²) in [7, 11) is 1.87. The van der Waals surface area contributed by atoms with Crippen molar-refractivity contribution >= 4 is 17.2 Å². The molecule has 2 N–H and O–H groups in total. The monoisotopic (exact) mass is 305 g/mol. The third-order valence-electron chi connectivity index (χ3n) is 3.59. The van der Waals surface area contributed by atoms with E-state index in [4.69, 9.17) is 0 Å². The molecule has 3 rings (SSSR count). The van der Waals surface area contributed by atoms with Crippen molar-refractivity contribution in [2.45, 2.75) is 25.8 Å². The summed E-state index contributed by atoms with van der Waals surface area (Å²) in [5, 5.41) is 11.4. The van der Waals surface area contributed by atoms with Crippen LogP contribution in [0.15, 0.2) is 12.4 Å². The normalized spacial score (nSPS) is 18.7. The van der Waals surface area contributed by atoms with E-state index in [0.29, 0.717) is 4.88 Å². The average molecular weight is 305 g/mol. The summed E-state index contributed by atoms with van der Waals surface area (Å²) in [5.74, 6) is -0.0196. The zero-order chi connectivity index (χ0) is 14.8. The minimum absolute atomic E-state index is 0.0196. The van der Waals surface area contributed by atoms with Crippen LogP contribution in [0.25, 0.3) is 10.6 Å². The number of carbonyl (C=O) groups excluding carboxylic acids is 1. The molecule has 0 aliphatic carbocycles. The van der Waals surface area contributed by atoms with E-state index in [2.05, 4.69) is 20.7 Å². The molecule has 1 fully saturated rings. The van der Waals surface area contributed by atoms with Crippen LogP contribution in [0.1, 0.15) is 28.2 Å². The van der Waals surface area contributed by atoms with Crippen molar-refractivity contribution in [1.82, 2.24) is 25.4 Å². The number of amides is 1. The van der Waals surface area contributed by atoms with E-state index in [9.17, 15) is 4.79 Å². The largest absolute Gasteiger partial charge is 0.347 e. The number of rotatable bonds is 3. The van der Waals surface area contributed by atoms with Gasteiger partial charge in [0.15, 0.2) is 0 Å². The molecule has 3 heterocycles. The Morgan fingerprint density at radius 1 is 1.57 bits per heavy atom. The highest BCUT2D eigenvalue weighted by molar-refractivity contribution is 7.17. The molecule has 6 nitrogen and oxygen atoms in total. The molecule has 1 aliphatic rings. The van der Waals surface area contributed by atoms with Gasteiger partial charge in [0.2, 0.25) is 0 Å². The lowest BCUT2D eigenvalue weighted by Gasteiger charge is -2.23. The van der Waals surface area contributed by atoms with E-state index < -0.39 is 0 Å². The molecule has 0 spiro atoms. The fraction of sp³-hybridized carbons (Fsp3) is 0.500. The highest BCUT2D eigenvalue weighted by Gasteiger charge is 2.21. The van der Waals surface area contributed by atoms with E-state index in [-0.39, 0.29) is 11.9 Å². The number of thiazole rings is 1. The van der Waals surface area contributed by atoms with Crippen LogP contribution in [0, 0.1) is 6.92 Å². The topological polar surface area (TPSA) is 71.8 Å². The third kappa shape index (κ3) is 3.14. The van der Waals surface area contributed by atoms with Gasteiger partial charge in [0.1, 0.15) is 9.88 Å². The van der Waals surface area contributed by atoms with Crippen molar-refractivity contribution < 1.29 is 4.79 Å². The Morgan fingerprint density at radius 2 is 2.43 bits per heavy atom. The number of carbonyl (C=O) groups is 1. The first kappa shape index (κ1) is 14.2. The van der Waals surface area contributed by atoms with Crippen LogP contribution in [-0.2, 0) is 7.05 Å². The Labute approximate surface area is 127 Å². The SMILES string of the molecule is Cc1nc(-c2cnn(C)c2)sc1C(=O)N[C@H]1CCCNC1. The van der Waals surface area contributed by atoms with Crippen molar-refractivity contribution in [2.75, 3.05) is 13.1 Å². The molecule has 0 unspecified atom stereocenters. The Balaban J connectivity index is 1.75. The van der Waals surface area contributed by atoms with Crippen LogP contribution >= 0.6 is 11.3 Å². The highest BCUT2D eigenvalue weighted by Crippen LogP contribution is 2.27. The summed E-state index contributed by atoms with van der Waals surface area (Å²) in [4.78, 5) is 17.6. The number of hydrogen-bond acceptors (Lipinski definition) is 5. The molecule has 1 saturated heterocycles. The molecule has 1 aliphatic heterocycles. The zero-order valence-corrected chi connectivity index (χ0v) is 13.0. The molecule has 21 heavy (non-hydrogen) atoms. The van der Waals surface area contributed by atoms with Crippen LogP contribution in [0.5, 0.6) is 0 Å². The Morgan fingerprint density at radius 3 is 3.10 bits per heavy atom. The van der Waals surface area contributed by atoms with E-state index in [0.717, 1.165) is 42.2 Å². The quantitative estimate of drug-likeness (QED) is 0.897. The van der Waals surface area contributed by atoms with Gasteiger partial charge in [0, 0.05) is 31.4 Å².